The maximum atomic E-state index is 6.13. The molecular formula is C26H14O4. The Morgan fingerprint density at radius 3 is 1.30 bits per heavy atom. The predicted octanol–water partition coefficient (Wildman–Crippen LogP) is 8.01. The van der Waals surface area contributed by atoms with Crippen molar-refractivity contribution in [3.63, 3.8) is 0 Å². The van der Waals surface area contributed by atoms with Crippen molar-refractivity contribution in [2.75, 3.05) is 0 Å². The quantitative estimate of drug-likeness (QED) is 0.300. The highest BCUT2D eigenvalue weighted by Crippen LogP contribution is 2.36. The molecular weight excluding hydrogens is 376 g/mol. The van der Waals surface area contributed by atoms with Crippen LogP contribution in [-0.4, -0.2) is 0 Å². The van der Waals surface area contributed by atoms with Crippen LogP contribution in [0.1, 0.15) is 0 Å². The van der Waals surface area contributed by atoms with Gasteiger partial charge < -0.3 is 17.7 Å². The molecule has 0 N–H and O–H groups in total. The molecule has 7 aromatic rings. The second-order valence-electron chi connectivity index (χ2n) is 7.44. The van der Waals surface area contributed by atoms with Gasteiger partial charge >= 0.3 is 0 Å². The smallest absolute Gasteiger partial charge is 0.177 e. The fourth-order valence-electron chi connectivity index (χ4n) is 4.13. The third-order valence-corrected chi connectivity index (χ3v) is 5.66. The molecule has 0 saturated carbocycles. The average molecular weight is 390 g/mol. The summed E-state index contributed by atoms with van der Waals surface area (Å²) in [5.41, 5.74) is 5.11. The summed E-state index contributed by atoms with van der Waals surface area (Å²) in [5.74, 6) is 1.62. The van der Waals surface area contributed by atoms with Gasteiger partial charge in [-0.05, 0) is 24.3 Å². The Morgan fingerprint density at radius 2 is 0.833 bits per heavy atom. The van der Waals surface area contributed by atoms with E-state index >= 15 is 0 Å². The maximum Gasteiger partial charge on any atom is 0.177 e. The molecule has 4 nitrogen and oxygen atoms in total. The lowest BCUT2D eigenvalue weighted by molar-refractivity contribution is 0.589. The first-order chi connectivity index (χ1) is 14.8. The molecule has 0 amide bonds. The minimum atomic E-state index is 0.774. The maximum absolute atomic E-state index is 6.13. The minimum Gasteiger partial charge on any atom is -0.460 e. The normalized spacial score (nSPS) is 12.0. The van der Waals surface area contributed by atoms with Crippen LogP contribution in [0.2, 0.25) is 0 Å². The number of hydrogen-bond donors (Lipinski definition) is 0. The van der Waals surface area contributed by atoms with Crippen LogP contribution in [0.25, 0.3) is 66.5 Å². The molecule has 30 heavy (non-hydrogen) atoms. The van der Waals surface area contributed by atoms with Gasteiger partial charge in [0.15, 0.2) is 22.3 Å². The molecule has 4 heterocycles. The van der Waals surface area contributed by atoms with Gasteiger partial charge in [-0.2, -0.15) is 0 Å². The van der Waals surface area contributed by atoms with Crippen LogP contribution >= 0.6 is 0 Å². The molecule has 4 heteroatoms. The second kappa shape index (κ2) is 5.67. The van der Waals surface area contributed by atoms with Gasteiger partial charge in [0.2, 0.25) is 0 Å². The fraction of sp³-hybridized carbons (Fsp3) is 0. The summed E-state index contributed by atoms with van der Waals surface area (Å²) < 4.78 is 23.5. The highest BCUT2D eigenvalue weighted by Gasteiger charge is 2.14. The number of fused-ring (bicyclic) bond motifs is 6. The van der Waals surface area contributed by atoms with Gasteiger partial charge in [0, 0.05) is 32.7 Å². The lowest BCUT2D eigenvalue weighted by Gasteiger charge is -1.99. The largest absolute Gasteiger partial charge is 0.460 e. The first kappa shape index (κ1) is 15.7. The van der Waals surface area contributed by atoms with E-state index in [0.717, 1.165) is 66.5 Å². The van der Waals surface area contributed by atoms with Crippen LogP contribution < -0.4 is 0 Å². The van der Waals surface area contributed by atoms with Gasteiger partial charge in [-0.3, -0.25) is 0 Å². The molecule has 0 aliphatic rings. The molecule has 0 bridgehead atoms. The van der Waals surface area contributed by atoms with Crippen molar-refractivity contribution in [3.8, 4) is 22.6 Å². The molecule has 0 spiro atoms. The van der Waals surface area contributed by atoms with Crippen LogP contribution in [0.4, 0.5) is 0 Å². The SMILES string of the molecule is c1cc2ccc3cc(-c4ccc(-c5cc6ccc7ccoc7c6o5)cc4)oc3c2o1. The van der Waals surface area contributed by atoms with Gasteiger partial charge in [-0.25, -0.2) is 0 Å². The van der Waals surface area contributed by atoms with Crippen LogP contribution in [0, 0.1) is 0 Å². The zero-order valence-electron chi connectivity index (χ0n) is 15.7. The molecule has 0 aliphatic heterocycles. The highest BCUT2D eigenvalue weighted by atomic mass is 16.4. The van der Waals surface area contributed by atoms with Crippen molar-refractivity contribution in [1.29, 1.82) is 0 Å². The van der Waals surface area contributed by atoms with Crippen molar-refractivity contribution in [3.05, 3.63) is 85.3 Å². The molecule has 142 valence electrons. The predicted molar refractivity (Wildman–Crippen MR) is 116 cm³/mol. The van der Waals surface area contributed by atoms with Crippen LogP contribution in [0.15, 0.2) is 103 Å². The molecule has 0 atom stereocenters. The third kappa shape index (κ3) is 2.16. The van der Waals surface area contributed by atoms with E-state index in [1.54, 1.807) is 12.5 Å². The van der Waals surface area contributed by atoms with E-state index in [9.17, 15) is 0 Å². The lowest BCUT2D eigenvalue weighted by atomic mass is 10.1. The minimum absolute atomic E-state index is 0.774. The Kier molecular flexibility index (Phi) is 2.97. The standard InChI is InChI=1S/C26H14O4/c1-2-16(22-14-20-8-6-18-10-12-28-24(18)26(20)30-22)4-3-15(1)21-13-19-7-5-17-9-11-27-23(17)25(19)29-21/h1-14H. The van der Waals surface area contributed by atoms with Crippen molar-refractivity contribution in [1.82, 2.24) is 0 Å². The summed E-state index contributed by atoms with van der Waals surface area (Å²) in [7, 11) is 0. The number of furan rings is 4. The Hall–Kier alpha value is -4.18. The van der Waals surface area contributed by atoms with Crippen LogP contribution in [-0.2, 0) is 0 Å². The summed E-state index contributed by atoms with van der Waals surface area (Å²) in [6.07, 6.45) is 3.37. The van der Waals surface area contributed by atoms with E-state index in [4.69, 9.17) is 17.7 Å². The van der Waals surface area contributed by atoms with E-state index in [-0.39, 0.29) is 0 Å². The van der Waals surface area contributed by atoms with Crippen molar-refractivity contribution >= 4 is 43.9 Å². The van der Waals surface area contributed by atoms with Crippen LogP contribution in [0.3, 0.4) is 0 Å². The second-order valence-corrected chi connectivity index (χ2v) is 7.44. The van der Waals surface area contributed by atoms with Gasteiger partial charge in [-0.15, -0.1) is 0 Å². The first-order valence-corrected chi connectivity index (χ1v) is 9.74. The summed E-state index contributed by atoms with van der Waals surface area (Å²) in [6.45, 7) is 0. The van der Waals surface area contributed by atoms with Gasteiger partial charge in [0.25, 0.3) is 0 Å². The van der Waals surface area contributed by atoms with Crippen molar-refractivity contribution in [2.24, 2.45) is 0 Å². The summed E-state index contributed by atoms with van der Waals surface area (Å²) in [6, 6.07) is 24.3. The van der Waals surface area contributed by atoms with E-state index in [0.29, 0.717) is 0 Å². The monoisotopic (exact) mass is 390 g/mol. The third-order valence-electron chi connectivity index (χ3n) is 5.66. The van der Waals surface area contributed by atoms with Crippen LogP contribution in [0.5, 0.6) is 0 Å². The molecule has 7 rings (SSSR count). The van der Waals surface area contributed by atoms with Crippen molar-refractivity contribution in [2.45, 2.75) is 0 Å². The zero-order valence-corrected chi connectivity index (χ0v) is 15.7. The highest BCUT2D eigenvalue weighted by molar-refractivity contribution is 6.03. The topological polar surface area (TPSA) is 52.6 Å². The van der Waals surface area contributed by atoms with E-state index in [1.165, 1.54) is 0 Å². The van der Waals surface area contributed by atoms with Gasteiger partial charge in [0.1, 0.15) is 11.5 Å². The summed E-state index contributed by atoms with van der Waals surface area (Å²) in [5, 5.41) is 4.12. The first-order valence-electron chi connectivity index (χ1n) is 9.74. The Morgan fingerprint density at radius 1 is 0.400 bits per heavy atom. The number of hydrogen-bond acceptors (Lipinski definition) is 4. The molecule has 0 radical (unpaired) electrons. The fourth-order valence-corrected chi connectivity index (χ4v) is 4.13. The molecule has 0 aliphatic carbocycles. The summed E-state index contributed by atoms with van der Waals surface area (Å²) >= 11 is 0. The molecule has 4 aromatic heterocycles. The number of benzene rings is 3. The molecule has 0 fully saturated rings. The lowest BCUT2D eigenvalue weighted by Crippen LogP contribution is -1.76. The summed E-state index contributed by atoms with van der Waals surface area (Å²) in [4.78, 5) is 0. The van der Waals surface area contributed by atoms with E-state index < -0.39 is 0 Å². The Bertz CT molecular complexity index is 1560. The number of rotatable bonds is 2. The molecule has 0 unspecified atom stereocenters. The average Bonchev–Trinajstić information content (AvgIpc) is 3.57. The van der Waals surface area contributed by atoms with Gasteiger partial charge in [-0.1, -0.05) is 48.5 Å². The van der Waals surface area contributed by atoms with E-state index in [1.807, 2.05) is 60.7 Å². The Labute approximate surface area is 169 Å². The van der Waals surface area contributed by atoms with Crippen molar-refractivity contribution < 1.29 is 17.7 Å². The molecule has 0 saturated heterocycles. The Balaban J connectivity index is 1.31. The molecule has 3 aromatic carbocycles. The van der Waals surface area contributed by atoms with E-state index in [2.05, 4.69) is 12.1 Å². The van der Waals surface area contributed by atoms with Gasteiger partial charge in [0.05, 0.1) is 12.5 Å². The zero-order chi connectivity index (χ0) is 19.7.